The van der Waals surface area contributed by atoms with Crippen molar-refractivity contribution >= 4 is 35.2 Å². The molecule has 1 N–H and O–H groups in total. The number of hydrogen-bond acceptors (Lipinski definition) is 3. The molecule has 0 saturated carbocycles. The van der Waals surface area contributed by atoms with Crippen molar-refractivity contribution in [2.24, 2.45) is 0 Å². The van der Waals surface area contributed by atoms with E-state index in [1.807, 2.05) is 6.07 Å². The van der Waals surface area contributed by atoms with Gasteiger partial charge in [0, 0.05) is 24.4 Å². The average molecular weight is 409 g/mol. The lowest BCUT2D eigenvalue weighted by Gasteiger charge is -2.28. The first-order valence-electron chi connectivity index (χ1n) is 8.49. The monoisotopic (exact) mass is 408 g/mol. The zero-order valence-electron chi connectivity index (χ0n) is 15.2. The fraction of sp³-hybridized carbons (Fsp3) is 0.300. The molecule has 0 saturated heterocycles. The summed E-state index contributed by atoms with van der Waals surface area (Å²) in [5, 5.41) is 3.14. The summed E-state index contributed by atoms with van der Waals surface area (Å²) in [5.74, 6) is -0.183. The first-order valence-corrected chi connectivity index (χ1v) is 10.0. The molecule has 0 fully saturated rings. The summed E-state index contributed by atoms with van der Waals surface area (Å²) in [6.45, 7) is 1.96. The molecule has 27 heavy (non-hydrogen) atoms. The summed E-state index contributed by atoms with van der Waals surface area (Å²) in [6.07, 6.45) is 0. The highest BCUT2D eigenvalue weighted by atomic mass is 35.5. The molecule has 0 aliphatic carbocycles. The number of nitrogens with one attached hydrogen (secondary N) is 1. The Morgan fingerprint density at radius 1 is 1.22 bits per heavy atom. The van der Waals surface area contributed by atoms with Crippen molar-refractivity contribution in [1.29, 1.82) is 0 Å². The number of carbonyl (C=O) groups excluding carboxylic acids is 2. The summed E-state index contributed by atoms with van der Waals surface area (Å²) in [5.41, 5.74) is 1.39. The molecule has 2 aromatic carbocycles. The first kappa shape index (κ1) is 21.3. The lowest BCUT2D eigenvalue weighted by molar-refractivity contribution is -0.138. The van der Waals surface area contributed by atoms with E-state index in [1.165, 1.54) is 29.8 Å². The maximum Gasteiger partial charge on any atom is 0.242 e. The minimum absolute atomic E-state index is 0.149. The number of likely N-dealkylation sites (N-methyl/N-ethyl adjacent to an activating group) is 1. The Morgan fingerprint density at radius 3 is 2.63 bits per heavy atom. The predicted molar refractivity (Wildman–Crippen MR) is 108 cm³/mol. The quantitative estimate of drug-likeness (QED) is 0.721. The van der Waals surface area contributed by atoms with Gasteiger partial charge >= 0.3 is 0 Å². The van der Waals surface area contributed by atoms with Gasteiger partial charge in [0.05, 0.1) is 5.75 Å². The highest BCUT2D eigenvalue weighted by Gasteiger charge is 2.25. The molecule has 0 bridgehead atoms. The van der Waals surface area contributed by atoms with E-state index >= 15 is 0 Å². The van der Waals surface area contributed by atoms with Gasteiger partial charge in [0.1, 0.15) is 11.9 Å². The van der Waals surface area contributed by atoms with Gasteiger partial charge in [0.15, 0.2) is 0 Å². The van der Waals surface area contributed by atoms with Crippen LogP contribution in [0.25, 0.3) is 0 Å². The van der Waals surface area contributed by atoms with Crippen LogP contribution in [-0.2, 0) is 21.9 Å². The van der Waals surface area contributed by atoms with Gasteiger partial charge in [-0.2, -0.15) is 0 Å². The molecule has 2 amide bonds. The SMILES string of the molecule is CNC(=O)C(C)N(Cc1cccc(Cl)c1)C(=O)CSCc1ccccc1F. The Bertz CT molecular complexity index is 803. The third kappa shape index (κ3) is 6.26. The van der Waals surface area contributed by atoms with Gasteiger partial charge in [-0.25, -0.2) is 4.39 Å². The molecule has 2 rings (SSSR count). The van der Waals surface area contributed by atoms with E-state index in [2.05, 4.69) is 5.32 Å². The molecule has 7 heteroatoms. The normalized spacial score (nSPS) is 11.7. The number of hydrogen-bond donors (Lipinski definition) is 1. The number of halogens is 2. The fourth-order valence-corrected chi connectivity index (χ4v) is 3.68. The fourth-order valence-electron chi connectivity index (χ4n) is 2.57. The number of rotatable bonds is 8. The smallest absolute Gasteiger partial charge is 0.242 e. The number of carbonyl (C=O) groups is 2. The molecule has 0 spiro atoms. The summed E-state index contributed by atoms with van der Waals surface area (Å²) < 4.78 is 13.7. The molecule has 144 valence electrons. The highest BCUT2D eigenvalue weighted by Crippen LogP contribution is 2.19. The van der Waals surface area contributed by atoms with Crippen molar-refractivity contribution < 1.29 is 14.0 Å². The van der Waals surface area contributed by atoms with E-state index in [-0.39, 0.29) is 29.9 Å². The van der Waals surface area contributed by atoms with Gasteiger partial charge in [-0.3, -0.25) is 9.59 Å². The summed E-state index contributed by atoms with van der Waals surface area (Å²) in [6, 6.07) is 13.0. The van der Waals surface area contributed by atoms with Gasteiger partial charge in [0.25, 0.3) is 0 Å². The Hall–Kier alpha value is -2.05. The minimum atomic E-state index is -0.629. The first-order chi connectivity index (χ1) is 12.9. The van der Waals surface area contributed by atoms with Gasteiger partial charge in [-0.15, -0.1) is 11.8 Å². The maximum atomic E-state index is 13.7. The van der Waals surface area contributed by atoms with Crippen LogP contribution in [0.2, 0.25) is 5.02 Å². The van der Waals surface area contributed by atoms with Crippen molar-refractivity contribution in [3.63, 3.8) is 0 Å². The van der Waals surface area contributed by atoms with E-state index in [4.69, 9.17) is 11.6 Å². The van der Waals surface area contributed by atoms with Gasteiger partial charge in [-0.05, 0) is 36.2 Å². The van der Waals surface area contributed by atoms with E-state index in [0.717, 1.165) is 5.56 Å². The summed E-state index contributed by atoms with van der Waals surface area (Å²) in [4.78, 5) is 26.3. The molecule has 1 unspecified atom stereocenters. The second-order valence-corrected chi connectivity index (χ2v) is 7.45. The largest absolute Gasteiger partial charge is 0.357 e. The number of amides is 2. The molecule has 0 aliphatic rings. The third-order valence-corrected chi connectivity index (χ3v) is 5.30. The van der Waals surface area contributed by atoms with Gasteiger partial charge < -0.3 is 10.2 Å². The van der Waals surface area contributed by atoms with Crippen LogP contribution in [0.15, 0.2) is 48.5 Å². The molecule has 0 aliphatic heterocycles. The lowest BCUT2D eigenvalue weighted by atomic mass is 10.1. The van der Waals surface area contributed by atoms with Crippen LogP contribution in [0.3, 0.4) is 0 Å². The zero-order chi connectivity index (χ0) is 19.8. The van der Waals surface area contributed by atoms with Gasteiger partial charge in [0.2, 0.25) is 11.8 Å². The Morgan fingerprint density at radius 2 is 1.96 bits per heavy atom. The van der Waals surface area contributed by atoms with Crippen LogP contribution in [-0.4, -0.2) is 35.6 Å². The van der Waals surface area contributed by atoms with Crippen LogP contribution in [0.4, 0.5) is 4.39 Å². The molecule has 2 aromatic rings. The minimum Gasteiger partial charge on any atom is -0.357 e. The Balaban J connectivity index is 2.06. The van der Waals surface area contributed by atoms with Crippen LogP contribution >= 0.6 is 23.4 Å². The van der Waals surface area contributed by atoms with Crippen molar-refractivity contribution in [3.8, 4) is 0 Å². The average Bonchev–Trinajstić information content (AvgIpc) is 2.66. The molecule has 1 atom stereocenters. The number of nitrogens with zero attached hydrogens (tertiary/aromatic N) is 1. The maximum absolute atomic E-state index is 13.7. The molecule has 4 nitrogen and oxygen atoms in total. The molecule has 0 heterocycles. The van der Waals surface area contributed by atoms with Crippen molar-refractivity contribution in [2.45, 2.75) is 25.3 Å². The Labute approximate surface area is 168 Å². The highest BCUT2D eigenvalue weighted by molar-refractivity contribution is 7.99. The topological polar surface area (TPSA) is 49.4 Å². The van der Waals surface area contributed by atoms with Crippen LogP contribution in [0.5, 0.6) is 0 Å². The van der Waals surface area contributed by atoms with Crippen molar-refractivity contribution in [1.82, 2.24) is 10.2 Å². The predicted octanol–water partition coefficient (Wildman–Crippen LogP) is 3.88. The third-order valence-electron chi connectivity index (χ3n) is 4.10. The summed E-state index contributed by atoms with van der Waals surface area (Å²) in [7, 11) is 1.54. The summed E-state index contributed by atoms with van der Waals surface area (Å²) >= 11 is 7.34. The van der Waals surface area contributed by atoms with Crippen LogP contribution in [0, 0.1) is 5.82 Å². The lowest BCUT2D eigenvalue weighted by Crippen LogP contribution is -2.47. The molecular weight excluding hydrogens is 387 g/mol. The van der Waals surface area contributed by atoms with E-state index < -0.39 is 6.04 Å². The van der Waals surface area contributed by atoms with Crippen molar-refractivity contribution in [3.05, 3.63) is 70.5 Å². The standard InChI is InChI=1S/C20H22ClFN2O2S/c1-14(20(26)23-2)24(11-15-6-5-8-17(21)10-15)19(25)13-27-12-16-7-3-4-9-18(16)22/h3-10,14H,11-13H2,1-2H3,(H,23,26). The molecule has 0 radical (unpaired) electrons. The zero-order valence-corrected chi connectivity index (χ0v) is 16.8. The number of benzene rings is 2. The van der Waals surface area contributed by atoms with E-state index in [0.29, 0.717) is 16.3 Å². The van der Waals surface area contributed by atoms with E-state index in [1.54, 1.807) is 43.3 Å². The van der Waals surface area contributed by atoms with Crippen molar-refractivity contribution in [2.75, 3.05) is 12.8 Å². The second-order valence-electron chi connectivity index (χ2n) is 6.03. The van der Waals surface area contributed by atoms with Gasteiger partial charge in [-0.1, -0.05) is 41.9 Å². The Kier molecular flexibility index (Phi) is 8.13. The number of thioether (sulfide) groups is 1. The molecular formula is C20H22ClFN2O2S. The molecule has 0 aromatic heterocycles. The van der Waals surface area contributed by atoms with Crippen LogP contribution in [0.1, 0.15) is 18.1 Å². The van der Waals surface area contributed by atoms with E-state index in [9.17, 15) is 14.0 Å². The second kappa shape index (κ2) is 10.3. The van der Waals surface area contributed by atoms with Crippen LogP contribution < -0.4 is 5.32 Å².